The predicted octanol–water partition coefficient (Wildman–Crippen LogP) is 38.0. The fourth-order valence-electron chi connectivity index (χ4n) is 10.9. The van der Waals surface area contributed by atoms with Crippen LogP contribution in [-0.4, -0.2) is 0 Å². The maximum atomic E-state index is 3.58. The Morgan fingerprint density at radius 3 is 0.616 bits per heavy atom. The molecule has 0 saturated heterocycles. The molecule has 0 saturated carbocycles. The van der Waals surface area contributed by atoms with Gasteiger partial charge in [0.1, 0.15) is 0 Å². The quantitative estimate of drug-likeness (QED) is 0.151. The Morgan fingerprint density at radius 1 is 0.168 bits per heavy atom. The molecule has 0 aliphatic rings. The van der Waals surface area contributed by atoms with Gasteiger partial charge in [0.25, 0.3) is 0 Å². The largest absolute Gasteiger partial charge is 0.226 e. The zero-order valence-electron chi connectivity index (χ0n) is 90.2. The molecule has 0 aliphatic carbocycles. The first-order valence-electron chi connectivity index (χ1n) is 46.2. The van der Waals surface area contributed by atoms with Crippen LogP contribution in [0.4, 0.5) is 0 Å². The van der Waals surface area contributed by atoms with E-state index in [9.17, 15) is 0 Å². The summed E-state index contributed by atoms with van der Waals surface area (Å²) in [7, 11) is 0. The Hall–Kier alpha value is -2.28. The van der Waals surface area contributed by atoms with Crippen LogP contribution in [0.15, 0.2) is 182 Å². The van der Waals surface area contributed by atoms with E-state index in [1.165, 1.54) is 61.2 Å². The van der Waals surface area contributed by atoms with E-state index in [0.717, 1.165) is 50.1 Å². The Labute approximate surface area is 906 Å². The minimum absolute atomic E-state index is 0. The number of benzene rings is 10. The van der Waals surface area contributed by atoms with Crippen LogP contribution in [0.5, 0.6) is 0 Å². The standard InChI is InChI=1S/5C20H24.10C2H6.5Y/c1-19(2,3)17-11-7-15(8-12-17)16-9-13-18(14-10-16)20(4,5)6;2*1-19(2,3)17-11-7-9-15(13-17)16-10-8-12-18(14-16)20(4,5)6;1-19(2,3)16-11-9-10-15(14-16)17-12-7-8-13-18(17)20(4,5)6;1-19(2,3)17-12-10-15(11-13-17)16-8-7-9-18(14-16)20(4,5)6;10*1-2;;;;;/h7,9,11-14H,1-6H3;7-9,11-12,14H,1-6H3;7-12H,1-6H3;7-11,13H,1-6H3;7-10,12-13H,1-6H3;10*1-2H3;;;;;/q5*-2;;;;;;;;;;;;;;;. The Balaban J connectivity index is -0.000000155. The SMILES string of the molecule is CC.CC.CC.CC.CC.CC.CC.CC.CC.CC.CC(C)(C)c1[c-]c(-c2[c-]c(C(C)(C)C)ccc2)ccc1.CC(C)(C)c1[c-]c(-c2[c-]cc(C(C)(C)C)cc2)ccc1.CC(C)(C)c1[c-]c(-c2[c-]ccc(C(C)(C)C)c2)ccc1.CC(C)(C)c1[c-]c(-c2[c-]cccc2C(C)(C)C)ccc1.CC(C)(C)c1c[c-]c(-c2[c-]cc(C(C)(C)C)cc2)cc1.[Y].[Y].[Y].[Y].[Y]. The molecule has 10 aromatic rings. The fourth-order valence-corrected chi connectivity index (χ4v) is 10.9. The van der Waals surface area contributed by atoms with E-state index in [1.54, 1.807) is 0 Å². The Kier molecular flexibility index (Phi) is 81.6. The van der Waals surface area contributed by atoms with Crippen molar-refractivity contribution in [3.63, 3.8) is 0 Å². The molecule has 0 bridgehead atoms. The average Bonchev–Trinajstić information content (AvgIpc) is 0.789. The van der Waals surface area contributed by atoms with Gasteiger partial charge in [0, 0.05) is 164 Å². The molecule has 0 nitrogen and oxygen atoms in total. The van der Waals surface area contributed by atoms with Gasteiger partial charge in [-0.25, -0.2) is 55.6 Å². The maximum Gasteiger partial charge on any atom is 0 e. The van der Waals surface area contributed by atoms with Crippen molar-refractivity contribution in [2.75, 3.05) is 0 Å². The molecule has 0 atom stereocenters. The Bertz CT molecular complexity index is 3950. The van der Waals surface area contributed by atoms with Crippen LogP contribution in [-0.2, 0) is 218 Å². The first-order valence-corrected chi connectivity index (χ1v) is 46.2. The predicted molar refractivity (Wildman–Crippen MR) is 548 cm³/mol. The molecule has 0 aliphatic heterocycles. The summed E-state index contributed by atoms with van der Waals surface area (Å²) >= 11 is 0. The second-order valence-corrected chi connectivity index (χ2v) is 37.3. The van der Waals surface area contributed by atoms with Crippen molar-refractivity contribution < 1.29 is 164 Å². The van der Waals surface area contributed by atoms with E-state index in [2.05, 4.69) is 438 Å². The number of hydrogen-bond acceptors (Lipinski definition) is 0. The third kappa shape index (κ3) is 54.6. The van der Waals surface area contributed by atoms with Crippen molar-refractivity contribution in [2.45, 2.75) is 400 Å². The van der Waals surface area contributed by atoms with Gasteiger partial charge in [0.05, 0.1) is 0 Å². The van der Waals surface area contributed by atoms with Gasteiger partial charge in [0.15, 0.2) is 0 Å². The van der Waals surface area contributed by atoms with Crippen LogP contribution in [0.1, 0.15) is 402 Å². The first kappa shape index (κ1) is 143. The summed E-state index contributed by atoms with van der Waals surface area (Å²) in [5.41, 5.74) is 25.5. The molecule has 125 heavy (non-hydrogen) atoms. The van der Waals surface area contributed by atoms with Crippen molar-refractivity contribution in [2.24, 2.45) is 0 Å². The summed E-state index contributed by atoms with van der Waals surface area (Å²) in [5.74, 6) is 0. The number of rotatable bonds is 5. The minimum atomic E-state index is 0. The summed E-state index contributed by atoms with van der Waals surface area (Å²) in [4.78, 5) is 0. The summed E-state index contributed by atoms with van der Waals surface area (Å²) in [6, 6.07) is 98.6. The van der Waals surface area contributed by atoms with E-state index in [0.29, 0.717) is 0 Å². The maximum absolute atomic E-state index is 3.58. The molecule has 0 fully saturated rings. The monoisotopic (exact) mass is 2070 g/mol. The fraction of sp³-hybridized carbons (Fsp3) is 0.500. The van der Waals surface area contributed by atoms with Gasteiger partial charge < -0.3 is 0 Å². The third-order valence-corrected chi connectivity index (χ3v) is 17.8. The summed E-state index contributed by atoms with van der Waals surface area (Å²) in [6.07, 6.45) is 0. The van der Waals surface area contributed by atoms with E-state index in [4.69, 9.17) is 0 Å². The molecule has 10 aromatic carbocycles. The normalized spacial score (nSPS) is 10.5. The second-order valence-electron chi connectivity index (χ2n) is 37.3. The molecule has 0 aromatic heterocycles. The van der Waals surface area contributed by atoms with Crippen LogP contribution >= 0.6 is 0 Å². The van der Waals surface area contributed by atoms with E-state index < -0.39 is 0 Å². The minimum Gasteiger partial charge on any atom is -0.226 e. The van der Waals surface area contributed by atoms with Crippen molar-refractivity contribution in [3.05, 3.63) is 298 Å². The molecular weight excluding hydrogens is 1890 g/mol. The number of hydrogen-bond donors (Lipinski definition) is 0. The van der Waals surface area contributed by atoms with Gasteiger partial charge in [-0.15, -0.1) is 92.5 Å². The van der Waals surface area contributed by atoms with Crippen LogP contribution in [0.2, 0.25) is 0 Å². The van der Waals surface area contributed by atoms with Gasteiger partial charge in [-0.3, -0.25) is 0 Å². The molecule has 5 heteroatoms. The molecule has 10 rings (SSSR count). The molecule has 0 amide bonds. The van der Waals surface area contributed by atoms with Crippen LogP contribution in [0, 0.1) is 60.7 Å². The Morgan fingerprint density at radius 2 is 0.392 bits per heavy atom. The molecule has 5 radical (unpaired) electrons. The van der Waals surface area contributed by atoms with Crippen LogP contribution in [0.25, 0.3) is 55.6 Å². The van der Waals surface area contributed by atoms with Gasteiger partial charge >= 0.3 is 0 Å². The molecule has 0 spiro atoms. The molecule has 0 unspecified atom stereocenters. The molecule has 0 N–H and O–H groups in total. The second kappa shape index (κ2) is 71.3. The molecular formula is C120H180Y5-10. The van der Waals surface area contributed by atoms with Crippen molar-refractivity contribution >= 4 is 0 Å². The van der Waals surface area contributed by atoms with Crippen molar-refractivity contribution in [3.8, 4) is 55.6 Å². The topological polar surface area (TPSA) is 0 Å². The summed E-state index contributed by atoms with van der Waals surface area (Å²) < 4.78 is 0. The molecule has 0 heterocycles. The van der Waals surface area contributed by atoms with Gasteiger partial charge in [-0.1, -0.05) is 352 Å². The molecule has 685 valence electrons. The van der Waals surface area contributed by atoms with Crippen molar-refractivity contribution in [1.29, 1.82) is 0 Å². The van der Waals surface area contributed by atoms with Gasteiger partial charge in [-0.2, -0.15) is 206 Å². The van der Waals surface area contributed by atoms with E-state index in [1.807, 2.05) is 151 Å². The smallest absolute Gasteiger partial charge is 0 e. The first-order chi connectivity index (χ1) is 55.9. The van der Waals surface area contributed by atoms with Gasteiger partial charge in [0.2, 0.25) is 0 Å². The van der Waals surface area contributed by atoms with Crippen molar-refractivity contribution in [1.82, 2.24) is 0 Å². The average molecular weight is 2070 g/mol. The zero-order valence-corrected chi connectivity index (χ0v) is 104. The van der Waals surface area contributed by atoms with Crippen LogP contribution < -0.4 is 0 Å². The third-order valence-electron chi connectivity index (χ3n) is 17.8. The van der Waals surface area contributed by atoms with E-state index in [-0.39, 0.29) is 218 Å². The summed E-state index contributed by atoms with van der Waals surface area (Å²) in [6.45, 7) is 107. The summed E-state index contributed by atoms with van der Waals surface area (Å²) in [5, 5.41) is 0. The van der Waals surface area contributed by atoms with Gasteiger partial charge in [-0.05, 0) is 48.7 Å². The van der Waals surface area contributed by atoms with Crippen LogP contribution in [0.3, 0.4) is 0 Å². The van der Waals surface area contributed by atoms with E-state index >= 15 is 0 Å². The zero-order chi connectivity index (χ0) is 94.8.